The van der Waals surface area contributed by atoms with Crippen LogP contribution in [0.15, 0.2) is 22.8 Å². The summed E-state index contributed by atoms with van der Waals surface area (Å²) in [5, 5.41) is 4.24. The quantitative estimate of drug-likeness (QED) is 0.898. The van der Waals surface area contributed by atoms with Crippen LogP contribution < -0.4 is 10.1 Å². The highest BCUT2D eigenvalue weighted by molar-refractivity contribution is 9.10. The average molecular weight is 341 g/mol. The molecule has 0 saturated heterocycles. The minimum absolute atomic E-state index is 0.574. The van der Waals surface area contributed by atoms with Crippen molar-refractivity contribution >= 4 is 27.3 Å². The molecule has 0 radical (unpaired) electrons. The summed E-state index contributed by atoms with van der Waals surface area (Å²) in [7, 11) is 1.94. The molecule has 19 heavy (non-hydrogen) atoms. The highest BCUT2D eigenvalue weighted by atomic mass is 79.9. The smallest absolute Gasteiger partial charge is 0.127 e. The zero-order valence-corrected chi connectivity index (χ0v) is 13.7. The van der Waals surface area contributed by atoms with E-state index in [0.717, 1.165) is 37.8 Å². The van der Waals surface area contributed by atoms with Crippen LogP contribution in [0.1, 0.15) is 21.0 Å². The number of aromatic nitrogens is 1. The minimum atomic E-state index is 0.574. The molecular formula is C14H17BrN2OS. The van der Waals surface area contributed by atoms with E-state index in [4.69, 9.17) is 4.74 Å². The number of thiazole rings is 1. The molecule has 5 heteroatoms. The third-order valence-electron chi connectivity index (χ3n) is 2.71. The predicted octanol–water partition coefficient (Wildman–Crippen LogP) is 3.82. The van der Waals surface area contributed by atoms with Crippen LogP contribution in [0.4, 0.5) is 0 Å². The van der Waals surface area contributed by atoms with E-state index in [9.17, 15) is 0 Å². The summed E-state index contributed by atoms with van der Waals surface area (Å²) in [6.45, 7) is 5.44. The van der Waals surface area contributed by atoms with Gasteiger partial charge in [0.1, 0.15) is 12.4 Å². The van der Waals surface area contributed by atoms with Gasteiger partial charge < -0.3 is 10.1 Å². The molecule has 3 nitrogen and oxygen atoms in total. The van der Waals surface area contributed by atoms with Crippen molar-refractivity contribution in [2.24, 2.45) is 0 Å². The molecule has 1 aromatic carbocycles. The summed E-state index contributed by atoms with van der Waals surface area (Å²) in [6, 6.07) is 4.17. The van der Waals surface area contributed by atoms with E-state index in [-0.39, 0.29) is 0 Å². The normalized spacial score (nSPS) is 10.7. The monoisotopic (exact) mass is 340 g/mol. The predicted molar refractivity (Wildman–Crippen MR) is 82.8 cm³/mol. The molecule has 0 aliphatic carbocycles. The number of ether oxygens (including phenoxy) is 1. The fraction of sp³-hybridized carbons (Fsp3) is 0.357. The van der Waals surface area contributed by atoms with Gasteiger partial charge in [-0.05, 0) is 38.6 Å². The molecule has 2 aromatic rings. The Labute approximate surface area is 126 Å². The number of nitrogens with one attached hydrogen (secondary N) is 1. The van der Waals surface area contributed by atoms with Crippen LogP contribution in [0.5, 0.6) is 5.75 Å². The molecule has 1 heterocycles. The van der Waals surface area contributed by atoms with Crippen molar-refractivity contribution in [1.82, 2.24) is 10.3 Å². The van der Waals surface area contributed by atoms with Crippen molar-refractivity contribution in [3.8, 4) is 5.75 Å². The Morgan fingerprint density at radius 3 is 2.79 bits per heavy atom. The summed E-state index contributed by atoms with van der Waals surface area (Å²) in [6.07, 6.45) is 1.88. The van der Waals surface area contributed by atoms with Crippen LogP contribution in [0.2, 0.25) is 0 Å². The first-order valence-corrected chi connectivity index (χ1v) is 7.69. The molecule has 0 fully saturated rings. The Morgan fingerprint density at radius 1 is 1.37 bits per heavy atom. The number of hydrogen-bond acceptors (Lipinski definition) is 4. The Morgan fingerprint density at radius 2 is 2.16 bits per heavy atom. The molecule has 0 bridgehead atoms. The lowest BCUT2D eigenvalue weighted by molar-refractivity contribution is 0.303. The van der Waals surface area contributed by atoms with E-state index >= 15 is 0 Å². The highest BCUT2D eigenvalue weighted by Crippen LogP contribution is 2.29. The number of nitrogens with zero attached hydrogens (tertiary/aromatic N) is 1. The summed E-state index contributed by atoms with van der Waals surface area (Å²) >= 11 is 5.20. The summed E-state index contributed by atoms with van der Waals surface area (Å²) in [4.78, 5) is 5.39. The van der Waals surface area contributed by atoms with E-state index in [1.165, 1.54) is 0 Å². The first-order chi connectivity index (χ1) is 9.10. The van der Waals surface area contributed by atoms with Crippen molar-refractivity contribution < 1.29 is 4.74 Å². The summed E-state index contributed by atoms with van der Waals surface area (Å²) in [5.74, 6) is 0.962. The zero-order valence-electron chi connectivity index (χ0n) is 11.3. The van der Waals surface area contributed by atoms with Crippen LogP contribution in [-0.4, -0.2) is 12.0 Å². The third-order valence-corrected chi connectivity index (χ3v) is 4.06. The van der Waals surface area contributed by atoms with Gasteiger partial charge in [-0.3, -0.25) is 0 Å². The second-order valence-electron chi connectivity index (χ2n) is 4.38. The van der Waals surface area contributed by atoms with Crippen LogP contribution in [0.25, 0.3) is 0 Å². The van der Waals surface area contributed by atoms with Gasteiger partial charge in [0.15, 0.2) is 0 Å². The third kappa shape index (κ3) is 3.78. The Kier molecular flexibility index (Phi) is 4.96. The standard InChI is InChI=1S/C14H17BrN2OS/c1-9-4-12(15)5-11(6-16-3)14(9)18-8-13-7-17-10(2)19-13/h4-5,7,16H,6,8H2,1-3H3. The molecule has 0 aliphatic heterocycles. The topological polar surface area (TPSA) is 34.1 Å². The second-order valence-corrected chi connectivity index (χ2v) is 6.61. The van der Waals surface area contributed by atoms with Gasteiger partial charge in [-0.1, -0.05) is 15.9 Å². The van der Waals surface area contributed by atoms with E-state index < -0.39 is 0 Å². The Bertz CT molecular complexity index is 569. The van der Waals surface area contributed by atoms with E-state index in [1.54, 1.807) is 11.3 Å². The molecule has 0 unspecified atom stereocenters. The molecule has 0 amide bonds. The van der Waals surface area contributed by atoms with Gasteiger partial charge in [0.05, 0.1) is 9.88 Å². The molecular weight excluding hydrogens is 324 g/mol. The van der Waals surface area contributed by atoms with Gasteiger partial charge in [0.25, 0.3) is 0 Å². The Balaban J connectivity index is 2.18. The molecule has 1 N–H and O–H groups in total. The molecule has 0 atom stereocenters. The number of halogens is 1. The fourth-order valence-corrected chi connectivity index (χ4v) is 3.27. The van der Waals surface area contributed by atoms with Gasteiger partial charge in [0, 0.05) is 22.8 Å². The Hall–Kier alpha value is -0.910. The molecule has 2 rings (SSSR count). The summed E-state index contributed by atoms with van der Waals surface area (Å²) in [5.41, 5.74) is 2.30. The molecule has 102 valence electrons. The SMILES string of the molecule is CNCc1cc(Br)cc(C)c1OCc1cnc(C)s1. The highest BCUT2D eigenvalue weighted by Gasteiger charge is 2.09. The van der Waals surface area contributed by atoms with E-state index in [0.29, 0.717) is 6.61 Å². The molecule has 0 aliphatic rings. The number of rotatable bonds is 5. The van der Waals surface area contributed by atoms with Gasteiger partial charge in [-0.2, -0.15) is 0 Å². The summed E-state index contributed by atoms with van der Waals surface area (Å²) < 4.78 is 7.06. The maximum Gasteiger partial charge on any atom is 0.127 e. The van der Waals surface area contributed by atoms with Crippen molar-refractivity contribution in [1.29, 1.82) is 0 Å². The number of aryl methyl sites for hydroxylation is 2. The van der Waals surface area contributed by atoms with Crippen LogP contribution in [-0.2, 0) is 13.2 Å². The van der Waals surface area contributed by atoms with E-state index in [1.807, 2.05) is 20.2 Å². The largest absolute Gasteiger partial charge is 0.487 e. The van der Waals surface area contributed by atoms with Crippen molar-refractivity contribution in [3.05, 3.63) is 43.8 Å². The first kappa shape index (κ1) is 14.5. The maximum atomic E-state index is 5.98. The fourth-order valence-electron chi connectivity index (χ4n) is 1.94. The zero-order chi connectivity index (χ0) is 13.8. The number of hydrogen-bond donors (Lipinski definition) is 1. The van der Waals surface area contributed by atoms with Gasteiger partial charge in [-0.25, -0.2) is 4.98 Å². The van der Waals surface area contributed by atoms with Crippen molar-refractivity contribution in [2.45, 2.75) is 27.0 Å². The lowest BCUT2D eigenvalue weighted by Crippen LogP contribution is -2.08. The minimum Gasteiger partial charge on any atom is -0.487 e. The molecule has 1 aromatic heterocycles. The second kappa shape index (κ2) is 6.50. The molecule has 0 spiro atoms. The maximum absolute atomic E-state index is 5.98. The van der Waals surface area contributed by atoms with Crippen LogP contribution >= 0.6 is 27.3 Å². The van der Waals surface area contributed by atoms with Crippen LogP contribution in [0.3, 0.4) is 0 Å². The average Bonchev–Trinajstić information content (AvgIpc) is 2.74. The van der Waals surface area contributed by atoms with Gasteiger partial charge >= 0.3 is 0 Å². The van der Waals surface area contributed by atoms with Gasteiger partial charge in [-0.15, -0.1) is 11.3 Å². The molecule has 0 saturated carbocycles. The van der Waals surface area contributed by atoms with Crippen LogP contribution in [0, 0.1) is 13.8 Å². The number of benzene rings is 1. The first-order valence-electron chi connectivity index (χ1n) is 6.08. The van der Waals surface area contributed by atoms with Crippen molar-refractivity contribution in [2.75, 3.05) is 7.05 Å². The lowest BCUT2D eigenvalue weighted by Gasteiger charge is -2.14. The van der Waals surface area contributed by atoms with Crippen molar-refractivity contribution in [3.63, 3.8) is 0 Å². The van der Waals surface area contributed by atoms with Gasteiger partial charge in [0.2, 0.25) is 0 Å². The lowest BCUT2D eigenvalue weighted by atomic mass is 10.1. The van der Waals surface area contributed by atoms with E-state index in [2.05, 4.69) is 45.3 Å².